The first-order valence-electron chi connectivity index (χ1n) is 11.6. The first kappa shape index (κ1) is 21.9. The molecule has 174 valence electrons. The van der Waals surface area contributed by atoms with E-state index in [0.717, 1.165) is 42.1 Å². The first-order chi connectivity index (χ1) is 16.3. The number of anilines is 3. The van der Waals surface area contributed by atoms with Gasteiger partial charge in [0.25, 0.3) is 5.56 Å². The summed E-state index contributed by atoms with van der Waals surface area (Å²) in [7, 11) is 0. The molecule has 0 atom stereocenters. The number of nitrogens with one attached hydrogen (secondary N) is 2. The molecule has 0 radical (unpaired) electrons. The lowest BCUT2D eigenvalue weighted by Crippen LogP contribution is -2.22. The SMILES string of the molecule is C=CCn1c(=O)c2cnc(Nc3ccc4c(c3)NCCC4)nc2n1-c1ccnc(C(C)(C)C)c1. The minimum absolute atomic E-state index is 0.134. The van der Waals surface area contributed by atoms with Crippen LogP contribution < -0.4 is 16.2 Å². The molecule has 8 heteroatoms. The highest BCUT2D eigenvalue weighted by atomic mass is 16.1. The molecular formula is C26H29N7O. The highest BCUT2D eigenvalue weighted by molar-refractivity contribution is 5.77. The second kappa shape index (κ2) is 8.44. The van der Waals surface area contributed by atoms with E-state index in [0.29, 0.717) is 23.5 Å². The van der Waals surface area contributed by atoms with Crippen molar-refractivity contribution in [2.24, 2.45) is 0 Å². The maximum absolute atomic E-state index is 13.2. The van der Waals surface area contributed by atoms with E-state index >= 15 is 0 Å². The molecular weight excluding hydrogens is 426 g/mol. The molecule has 0 aliphatic carbocycles. The van der Waals surface area contributed by atoms with Crippen LogP contribution >= 0.6 is 0 Å². The number of hydrogen-bond acceptors (Lipinski definition) is 6. The quantitative estimate of drug-likeness (QED) is 0.429. The van der Waals surface area contributed by atoms with E-state index in [9.17, 15) is 4.79 Å². The smallest absolute Gasteiger partial charge is 0.278 e. The van der Waals surface area contributed by atoms with Gasteiger partial charge >= 0.3 is 0 Å². The predicted molar refractivity (Wildman–Crippen MR) is 136 cm³/mol. The molecule has 3 aromatic heterocycles. The van der Waals surface area contributed by atoms with Crippen LogP contribution in [-0.4, -0.2) is 30.9 Å². The fourth-order valence-electron chi connectivity index (χ4n) is 4.27. The molecule has 4 aromatic rings. The summed E-state index contributed by atoms with van der Waals surface area (Å²) in [6, 6.07) is 10.1. The number of allylic oxidation sites excluding steroid dienone is 1. The largest absolute Gasteiger partial charge is 0.385 e. The molecule has 0 amide bonds. The van der Waals surface area contributed by atoms with Crippen molar-refractivity contribution in [1.82, 2.24) is 24.3 Å². The van der Waals surface area contributed by atoms with Crippen molar-refractivity contribution in [3.05, 3.63) is 77.0 Å². The summed E-state index contributed by atoms with van der Waals surface area (Å²) in [5, 5.41) is 7.20. The molecule has 4 heterocycles. The molecule has 0 saturated carbocycles. The van der Waals surface area contributed by atoms with E-state index in [1.165, 1.54) is 5.56 Å². The van der Waals surface area contributed by atoms with Crippen molar-refractivity contribution in [1.29, 1.82) is 0 Å². The average molecular weight is 456 g/mol. The van der Waals surface area contributed by atoms with Crippen LogP contribution in [-0.2, 0) is 18.4 Å². The van der Waals surface area contributed by atoms with E-state index in [1.807, 2.05) is 22.9 Å². The van der Waals surface area contributed by atoms with E-state index in [-0.39, 0.29) is 11.0 Å². The molecule has 2 N–H and O–H groups in total. The Morgan fingerprint density at radius 3 is 2.85 bits per heavy atom. The molecule has 1 aromatic carbocycles. The number of pyridine rings is 1. The highest BCUT2D eigenvalue weighted by Crippen LogP contribution is 2.27. The minimum Gasteiger partial charge on any atom is -0.385 e. The van der Waals surface area contributed by atoms with Gasteiger partial charge in [-0.1, -0.05) is 32.9 Å². The summed E-state index contributed by atoms with van der Waals surface area (Å²) in [5.74, 6) is 0.429. The fraction of sp³-hybridized carbons (Fsp3) is 0.308. The van der Waals surface area contributed by atoms with Crippen molar-refractivity contribution >= 4 is 28.4 Å². The van der Waals surface area contributed by atoms with Gasteiger partial charge in [0.15, 0.2) is 5.65 Å². The lowest BCUT2D eigenvalue weighted by Gasteiger charge is -2.19. The van der Waals surface area contributed by atoms with Crippen molar-refractivity contribution in [2.75, 3.05) is 17.2 Å². The zero-order valence-corrected chi connectivity index (χ0v) is 19.8. The van der Waals surface area contributed by atoms with Crippen molar-refractivity contribution in [2.45, 2.75) is 45.6 Å². The van der Waals surface area contributed by atoms with Gasteiger partial charge in [-0.3, -0.25) is 9.78 Å². The standard InChI is InChI=1S/C26H29N7O/c1-5-13-32-24(34)20-16-29-25(30-18-9-8-17-7-6-11-27-21(17)14-18)31-23(20)33(32)19-10-12-28-22(15-19)26(2,3)4/h5,8-10,12,14-16,27H,1,6-7,11,13H2,2-4H3,(H,29,30,31). The van der Waals surface area contributed by atoms with Crippen LogP contribution in [0.4, 0.5) is 17.3 Å². The van der Waals surface area contributed by atoms with E-state index in [1.54, 1.807) is 23.2 Å². The number of rotatable bonds is 5. The van der Waals surface area contributed by atoms with E-state index in [2.05, 4.69) is 60.1 Å². The lowest BCUT2D eigenvalue weighted by atomic mass is 9.91. The van der Waals surface area contributed by atoms with Gasteiger partial charge in [0.05, 0.1) is 12.2 Å². The Morgan fingerprint density at radius 2 is 2.06 bits per heavy atom. The molecule has 1 aliphatic heterocycles. The monoisotopic (exact) mass is 455 g/mol. The summed E-state index contributed by atoms with van der Waals surface area (Å²) in [5.41, 5.74) is 5.33. The average Bonchev–Trinajstić information content (AvgIpc) is 3.10. The van der Waals surface area contributed by atoms with Gasteiger partial charge in [0.1, 0.15) is 5.39 Å². The highest BCUT2D eigenvalue weighted by Gasteiger charge is 2.20. The predicted octanol–water partition coefficient (Wildman–Crippen LogP) is 4.56. The normalized spacial score (nSPS) is 13.4. The summed E-state index contributed by atoms with van der Waals surface area (Å²) in [4.78, 5) is 26.9. The van der Waals surface area contributed by atoms with Crippen molar-refractivity contribution in [3.8, 4) is 5.69 Å². The second-order valence-corrected chi connectivity index (χ2v) is 9.60. The zero-order valence-electron chi connectivity index (χ0n) is 19.8. The number of nitrogens with zero attached hydrogens (tertiary/aromatic N) is 5. The van der Waals surface area contributed by atoms with Gasteiger partial charge in [-0.2, -0.15) is 4.98 Å². The number of hydrogen-bond donors (Lipinski definition) is 2. The van der Waals surface area contributed by atoms with Gasteiger partial charge in [-0.05, 0) is 42.7 Å². The topological polar surface area (TPSA) is 89.7 Å². The summed E-state index contributed by atoms with van der Waals surface area (Å²) >= 11 is 0. The summed E-state index contributed by atoms with van der Waals surface area (Å²) < 4.78 is 3.46. The lowest BCUT2D eigenvalue weighted by molar-refractivity contribution is 0.563. The first-order valence-corrected chi connectivity index (χ1v) is 11.6. The van der Waals surface area contributed by atoms with Crippen molar-refractivity contribution in [3.63, 3.8) is 0 Å². The van der Waals surface area contributed by atoms with E-state index < -0.39 is 0 Å². The third-order valence-electron chi connectivity index (χ3n) is 6.04. The molecule has 1 aliphatic rings. The Kier molecular flexibility index (Phi) is 5.43. The molecule has 0 saturated heterocycles. The number of fused-ring (bicyclic) bond motifs is 2. The molecule has 0 unspecified atom stereocenters. The van der Waals surface area contributed by atoms with Crippen molar-refractivity contribution < 1.29 is 0 Å². The number of benzene rings is 1. The van der Waals surface area contributed by atoms with Gasteiger partial charge in [-0.15, -0.1) is 6.58 Å². The molecule has 0 fully saturated rings. The molecule has 8 nitrogen and oxygen atoms in total. The van der Waals surface area contributed by atoms with Crippen LogP contribution in [0.5, 0.6) is 0 Å². The maximum atomic E-state index is 13.2. The van der Waals surface area contributed by atoms with Gasteiger partial charge in [-0.25, -0.2) is 14.3 Å². The number of aromatic nitrogens is 5. The molecule has 0 bridgehead atoms. The van der Waals surface area contributed by atoms with Gasteiger partial charge < -0.3 is 10.6 Å². The minimum atomic E-state index is -0.159. The van der Waals surface area contributed by atoms with E-state index in [4.69, 9.17) is 4.98 Å². The Morgan fingerprint density at radius 1 is 1.21 bits per heavy atom. The van der Waals surface area contributed by atoms with Gasteiger partial charge in [0.2, 0.25) is 5.95 Å². The van der Waals surface area contributed by atoms with Crippen LogP contribution in [0, 0.1) is 0 Å². The zero-order chi connectivity index (χ0) is 23.9. The Labute approximate surface area is 198 Å². The summed E-state index contributed by atoms with van der Waals surface area (Å²) in [6.45, 7) is 11.5. The van der Waals surface area contributed by atoms with Crippen LogP contribution in [0.15, 0.2) is 60.2 Å². The Balaban J connectivity index is 1.62. The summed E-state index contributed by atoms with van der Waals surface area (Å²) in [6.07, 6.45) is 7.28. The van der Waals surface area contributed by atoms with Gasteiger partial charge in [0, 0.05) is 41.4 Å². The third kappa shape index (κ3) is 3.96. The maximum Gasteiger partial charge on any atom is 0.278 e. The second-order valence-electron chi connectivity index (χ2n) is 9.60. The Hall–Kier alpha value is -3.94. The molecule has 0 spiro atoms. The molecule has 34 heavy (non-hydrogen) atoms. The number of aryl methyl sites for hydroxylation is 1. The Bertz CT molecular complexity index is 1440. The van der Waals surface area contributed by atoms with Crippen LogP contribution in [0.3, 0.4) is 0 Å². The van der Waals surface area contributed by atoms with Crippen LogP contribution in [0.1, 0.15) is 38.4 Å². The third-order valence-corrected chi connectivity index (χ3v) is 6.04. The fourth-order valence-corrected chi connectivity index (χ4v) is 4.27. The van der Waals surface area contributed by atoms with Crippen LogP contribution in [0.25, 0.3) is 16.7 Å². The van der Waals surface area contributed by atoms with Crippen LogP contribution in [0.2, 0.25) is 0 Å². The molecule has 5 rings (SSSR count).